The van der Waals surface area contributed by atoms with Gasteiger partial charge in [-0.15, -0.1) is 0 Å². The molecule has 3 atom stereocenters. The molecular weight excluding hydrogens is 326 g/mol. The fraction of sp³-hybridized carbons (Fsp3) is 0.619. The second kappa shape index (κ2) is 8.21. The molecule has 3 rings (SSSR count). The molecule has 2 aliphatic rings. The van der Waals surface area contributed by atoms with Gasteiger partial charge >= 0.3 is 0 Å². The number of hydrogen-bond acceptors (Lipinski definition) is 3. The van der Waals surface area contributed by atoms with Crippen LogP contribution in [0.5, 0.6) is 0 Å². The zero-order valence-electron chi connectivity index (χ0n) is 16.2. The Morgan fingerprint density at radius 1 is 0.962 bits per heavy atom. The number of carbonyl (C=O) groups is 2. The minimum atomic E-state index is -0.119. The molecule has 0 saturated carbocycles. The van der Waals surface area contributed by atoms with Gasteiger partial charge in [-0.05, 0) is 52.2 Å². The number of likely N-dealkylation sites (tertiary alicyclic amines) is 1. The molecule has 1 aromatic rings. The minimum Gasteiger partial charge on any atom is -0.336 e. The Morgan fingerprint density at radius 2 is 1.54 bits per heavy atom. The zero-order valence-corrected chi connectivity index (χ0v) is 16.2. The first kappa shape index (κ1) is 18.9. The molecule has 5 heteroatoms. The first-order valence-electron chi connectivity index (χ1n) is 9.89. The molecule has 0 bridgehead atoms. The number of rotatable bonds is 3. The maximum absolute atomic E-state index is 13.1. The van der Waals surface area contributed by atoms with Crippen LogP contribution in [0.15, 0.2) is 30.3 Å². The summed E-state index contributed by atoms with van der Waals surface area (Å²) in [6, 6.07) is 9.97. The fourth-order valence-electron chi connectivity index (χ4n) is 4.30. The van der Waals surface area contributed by atoms with Gasteiger partial charge in [0.1, 0.15) is 0 Å². The summed E-state index contributed by atoms with van der Waals surface area (Å²) in [5.74, 6) is 0.329. The first-order valence-corrected chi connectivity index (χ1v) is 9.89. The molecule has 0 aliphatic carbocycles. The lowest BCUT2D eigenvalue weighted by atomic mass is 9.96. The van der Waals surface area contributed by atoms with Crippen LogP contribution in [0.4, 0.5) is 0 Å². The van der Waals surface area contributed by atoms with E-state index in [4.69, 9.17) is 0 Å². The fourth-order valence-corrected chi connectivity index (χ4v) is 4.30. The summed E-state index contributed by atoms with van der Waals surface area (Å²) in [7, 11) is 0. The zero-order chi connectivity index (χ0) is 18.7. The highest BCUT2D eigenvalue weighted by atomic mass is 16.2. The maximum atomic E-state index is 13.1. The van der Waals surface area contributed by atoms with Gasteiger partial charge in [0.2, 0.25) is 5.91 Å². The van der Waals surface area contributed by atoms with Crippen molar-refractivity contribution in [2.75, 3.05) is 26.2 Å². The van der Waals surface area contributed by atoms with Crippen molar-refractivity contribution in [1.29, 1.82) is 0 Å². The average molecular weight is 357 g/mol. The van der Waals surface area contributed by atoms with E-state index in [9.17, 15) is 9.59 Å². The van der Waals surface area contributed by atoms with E-state index in [2.05, 4.69) is 23.6 Å². The van der Waals surface area contributed by atoms with E-state index in [1.165, 1.54) is 6.42 Å². The standard InChI is InChI=1S/C21H31N3O2/c1-16-8-7-9-17(2)24(16)20(25)18(3)22-12-14-23(15-13-22)21(26)19-10-5-4-6-11-19/h4-6,10-11,16-18H,7-9,12-15H2,1-3H3/t16-,17-,18-/m1/s1. The van der Waals surface area contributed by atoms with Crippen molar-refractivity contribution in [2.45, 2.75) is 58.2 Å². The van der Waals surface area contributed by atoms with Gasteiger partial charge in [0, 0.05) is 43.8 Å². The Kier molecular flexibility index (Phi) is 5.97. The van der Waals surface area contributed by atoms with E-state index in [0.29, 0.717) is 25.2 Å². The van der Waals surface area contributed by atoms with Crippen molar-refractivity contribution in [3.63, 3.8) is 0 Å². The van der Waals surface area contributed by atoms with Crippen molar-refractivity contribution in [2.24, 2.45) is 0 Å². The van der Waals surface area contributed by atoms with Crippen LogP contribution in [0.1, 0.15) is 50.4 Å². The van der Waals surface area contributed by atoms with Gasteiger partial charge in [0.05, 0.1) is 6.04 Å². The van der Waals surface area contributed by atoms with E-state index in [1.807, 2.05) is 42.2 Å². The van der Waals surface area contributed by atoms with Gasteiger partial charge in [0.15, 0.2) is 0 Å². The molecule has 0 radical (unpaired) electrons. The lowest BCUT2D eigenvalue weighted by Gasteiger charge is -2.44. The third kappa shape index (κ3) is 3.93. The molecule has 0 N–H and O–H groups in total. The van der Waals surface area contributed by atoms with E-state index < -0.39 is 0 Å². The number of nitrogens with zero attached hydrogens (tertiary/aromatic N) is 3. The number of piperidine rings is 1. The Hall–Kier alpha value is -1.88. The summed E-state index contributed by atoms with van der Waals surface area (Å²) in [5.41, 5.74) is 0.737. The number of hydrogen-bond donors (Lipinski definition) is 0. The van der Waals surface area contributed by atoms with Crippen LogP contribution in [-0.4, -0.2) is 70.8 Å². The van der Waals surface area contributed by atoms with Crippen LogP contribution in [0.2, 0.25) is 0 Å². The molecule has 142 valence electrons. The molecule has 2 heterocycles. The normalized spacial score (nSPS) is 25.8. The SMILES string of the molecule is C[C@H](C(=O)N1[C@H](C)CCC[C@H]1C)N1CCN(C(=O)c2ccccc2)CC1. The van der Waals surface area contributed by atoms with Gasteiger partial charge in [-0.2, -0.15) is 0 Å². The predicted octanol–water partition coefficient (Wildman–Crippen LogP) is 2.62. The average Bonchev–Trinajstić information content (AvgIpc) is 2.67. The van der Waals surface area contributed by atoms with Gasteiger partial charge in [-0.3, -0.25) is 14.5 Å². The number of carbonyl (C=O) groups excluding carboxylic acids is 2. The summed E-state index contributed by atoms with van der Waals surface area (Å²) in [4.78, 5) is 31.9. The summed E-state index contributed by atoms with van der Waals surface area (Å²) >= 11 is 0. The number of piperazine rings is 1. The highest BCUT2D eigenvalue weighted by Gasteiger charge is 2.35. The predicted molar refractivity (Wildman–Crippen MR) is 103 cm³/mol. The molecule has 2 amide bonds. The van der Waals surface area contributed by atoms with Crippen LogP contribution in [0, 0.1) is 0 Å². The van der Waals surface area contributed by atoms with Gasteiger partial charge in [0.25, 0.3) is 5.91 Å². The van der Waals surface area contributed by atoms with Crippen molar-refractivity contribution in [3.05, 3.63) is 35.9 Å². The van der Waals surface area contributed by atoms with Crippen LogP contribution < -0.4 is 0 Å². The van der Waals surface area contributed by atoms with E-state index in [-0.39, 0.29) is 17.9 Å². The molecule has 2 fully saturated rings. The van der Waals surface area contributed by atoms with Crippen molar-refractivity contribution < 1.29 is 9.59 Å². The van der Waals surface area contributed by atoms with Crippen LogP contribution in [0.25, 0.3) is 0 Å². The molecular formula is C21H31N3O2. The van der Waals surface area contributed by atoms with Crippen LogP contribution >= 0.6 is 0 Å². The molecule has 0 unspecified atom stereocenters. The lowest BCUT2D eigenvalue weighted by molar-refractivity contribution is -0.143. The summed E-state index contributed by atoms with van der Waals surface area (Å²) < 4.78 is 0. The smallest absolute Gasteiger partial charge is 0.253 e. The number of amides is 2. The molecule has 26 heavy (non-hydrogen) atoms. The topological polar surface area (TPSA) is 43.9 Å². The molecule has 1 aromatic carbocycles. The second-order valence-corrected chi connectivity index (χ2v) is 7.74. The molecule has 0 spiro atoms. The van der Waals surface area contributed by atoms with Crippen molar-refractivity contribution in [3.8, 4) is 0 Å². The Bertz CT molecular complexity index is 615. The van der Waals surface area contributed by atoms with Crippen molar-refractivity contribution >= 4 is 11.8 Å². The largest absolute Gasteiger partial charge is 0.336 e. The third-order valence-electron chi connectivity index (χ3n) is 5.98. The quantitative estimate of drug-likeness (QED) is 0.835. The van der Waals surface area contributed by atoms with Crippen LogP contribution in [-0.2, 0) is 4.79 Å². The first-order chi connectivity index (χ1) is 12.5. The summed E-state index contributed by atoms with van der Waals surface area (Å²) in [6.07, 6.45) is 3.41. The van der Waals surface area contributed by atoms with Gasteiger partial charge in [-0.1, -0.05) is 18.2 Å². The van der Waals surface area contributed by atoms with E-state index >= 15 is 0 Å². The van der Waals surface area contributed by atoms with Crippen molar-refractivity contribution in [1.82, 2.24) is 14.7 Å². The Balaban J connectivity index is 1.57. The molecule has 2 aliphatic heterocycles. The molecule has 2 saturated heterocycles. The van der Waals surface area contributed by atoms with Crippen LogP contribution in [0.3, 0.4) is 0 Å². The van der Waals surface area contributed by atoms with E-state index in [1.54, 1.807) is 0 Å². The van der Waals surface area contributed by atoms with Gasteiger partial charge < -0.3 is 9.80 Å². The second-order valence-electron chi connectivity index (χ2n) is 7.74. The highest BCUT2D eigenvalue weighted by Crippen LogP contribution is 2.24. The minimum absolute atomic E-state index is 0.0857. The lowest BCUT2D eigenvalue weighted by Crippen LogP contribution is -2.58. The van der Waals surface area contributed by atoms with Gasteiger partial charge in [-0.25, -0.2) is 0 Å². The summed E-state index contributed by atoms with van der Waals surface area (Å²) in [5, 5.41) is 0. The monoisotopic (exact) mass is 357 g/mol. The third-order valence-corrected chi connectivity index (χ3v) is 5.98. The highest BCUT2D eigenvalue weighted by molar-refractivity contribution is 5.94. The number of benzene rings is 1. The van der Waals surface area contributed by atoms with E-state index in [0.717, 1.165) is 31.5 Å². The Morgan fingerprint density at radius 3 is 2.12 bits per heavy atom. The Labute approximate surface area is 156 Å². The summed E-state index contributed by atoms with van der Waals surface area (Å²) in [6.45, 7) is 9.20. The maximum Gasteiger partial charge on any atom is 0.253 e. The molecule has 5 nitrogen and oxygen atoms in total. The molecule has 0 aromatic heterocycles.